The SMILES string of the molecule is CCN(Cc1cnn(CC)c1)C(=O)c1ccc(CC2CCN(C(C)=O)CC2)cc1. The molecule has 0 saturated carbocycles. The van der Waals surface area contributed by atoms with Crippen LogP contribution in [0.2, 0.25) is 0 Å². The van der Waals surface area contributed by atoms with Crippen molar-refractivity contribution in [2.45, 2.75) is 53.1 Å². The number of likely N-dealkylation sites (tertiary alicyclic amines) is 1. The summed E-state index contributed by atoms with van der Waals surface area (Å²) in [5.74, 6) is 0.835. The van der Waals surface area contributed by atoms with Gasteiger partial charge in [0.15, 0.2) is 0 Å². The van der Waals surface area contributed by atoms with Gasteiger partial charge in [-0.1, -0.05) is 12.1 Å². The largest absolute Gasteiger partial charge is 0.343 e. The summed E-state index contributed by atoms with van der Waals surface area (Å²) in [4.78, 5) is 28.2. The number of piperidine rings is 1. The molecule has 2 amide bonds. The van der Waals surface area contributed by atoms with Gasteiger partial charge in [-0.05, 0) is 56.7 Å². The lowest BCUT2D eigenvalue weighted by atomic mass is 9.90. The Morgan fingerprint density at radius 1 is 1.10 bits per heavy atom. The predicted molar refractivity (Wildman–Crippen MR) is 113 cm³/mol. The normalized spacial score (nSPS) is 14.8. The van der Waals surface area contributed by atoms with Crippen LogP contribution in [0.1, 0.15) is 55.1 Å². The van der Waals surface area contributed by atoms with E-state index in [2.05, 4.69) is 17.2 Å². The van der Waals surface area contributed by atoms with Gasteiger partial charge in [-0.2, -0.15) is 5.10 Å². The minimum Gasteiger partial charge on any atom is -0.343 e. The first-order valence-electron chi connectivity index (χ1n) is 10.6. The van der Waals surface area contributed by atoms with Crippen LogP contribution in [-0.4, -0.2) is 51.0 Å². The standard InChI is InChI=1S/C23H32N4O2/c1-4-25(16-21-15-24-27(5-2)17-21)23(29)22-8-6-19(7-9-22)14-20-10-12-26(13-11-20)18(3)28/h6-9,15,17,20H,4-5,10-14,16H2,1-3H3. The molecule has 1 fully saturated rings. The Hall–Kier alpha value is -2.63. The van der Waals surface area contributed by atoms with E-state index in [9.17, 15) is 9.59 Å². The number of aryl methyl sites for hydroxylation is 1. The fourth-order valence-electron chi connectivity index (χ4n) is 3.96. The maximum absolute atomic E-state index is 12.9. The maximum atomic E-state index is 12.9. The molecule has 0 spiro atoms. The van der Waals surface area contributed by atoms with E-state index in [0.29, 0.717) is 19.0 Å². The quantitative estimate of drug-likeness (QED) is 0.721. The van der Waals surface area contributed by atoms with Crippen LogP contribution >= 0.6 is 0 Å². The second-order valence-corrected chi connectivity index (χ2v) is 7.87. The maximum Gasteiger partial charge on any atom is 0.254 e. The Balaban J connectivity index is 1.57. The van der Waals surface area contributed by atoms with Gasteiger partial charge in [0.1, 0.15) is 0 Å². The zero-order chi connectivity index (χ0) is 20.8. The van der Waals surface area contributed by atoms with Crippen molar-refractivity contribution in [1.29, 1.82) is 0 Å². The molecule has 29 heavy (non-hydrogen) atoms. The van der Waals surface area contributed by atoms with E-state index in [4.69, 9.17) is 0 Å². The van der Waals surface area contributed by atoms with E-state index in [1.165, 1.54) is 5.56 Å². The summed E-state index contributed by atoms with van der Waals surface area (Å²) in [5, 5.41) is 4.29. The van der Waals surface area contributed by atoms with Crippen molar-refractivity contribution in [3.63, 3.8) is 0 Å². The Morgan fingerprint density at radius 2 is 1.79 bits per heavy atom. The molecule has 0 unspecified atom stereocenters. The van der Waals surface area contributed by atoms with Crippen molar-refractivity contribution in [1.82, 2.24) is 19.6 Å². The number of benzene rings is 1. The van der Waals surface area contributed by atoms with Crippen LogP contribution in [-0.2, 0) is 24.3 Å². The molecule has 0 atom stereocenters. The van der Waals surface area contributed by atoms with Crippen molar-refractivity contribution in [3.05, 3.63) is 53.3 Å². The number of carbonyl (C=O) groups is 2. The monoisotopic (exact) mass is 396 g/mol. The average Bonchev–Trinajstić information content (AvgIpc) is 3.20. The fraction of sp³-hybridized carbons (Fsp3) is 0.522. The van der Waals surface area contributed by atoms with Crippen LogP contribution in [0.15, 0.2) is 36.7 Å². The van der Waals surface area contributed by atoms with E-state index < -0.39 is 0 Å². The molecule has 1 aromatic heterocycles. The van der Waals surface area contributed by atoms with Gasteiger partial charge in [0.05, 0.1) is 6.20 Å². The highest BCUT2D eigenvalue weighted by molar-refractivity contribution is 5.94. The third-order valence-corrected chi connectivity index (χ3v) is 5.84. The molecule has 6 nitrogen and oxygen atoms in total. The highest BCUT2D eigenvalue weighted by Crippen LogP contribution is 2.22. The number of amides is 2. The second kappa shape index (κ2) is 9.72. The second-order valence-electron chi connectivity index (χ2n) is 7.87. The molecule has 3 rings (SSSR count). The van der Waals surface area contributed by atoms with Crippen LogP contribution in [0.25, 0.3) is 0 Å². The summed E-state index contributed by atoms with van der Waals surface area (Å²) < 4.78 is 1.88. The Morgan fingerprint density at radius 3 is 2.34 bits per heavy atom. The minimum atomic E-state index is 0.0538. The highest BCUT2D eigenvalue weighted by Gasteiger charge is 2.21. The van der Waals surface area contributed by atoms with Crippen molar-refractivity contribution in [2.75, 3.05) is 19.6 Å². The first kappa shape index (κ1) is 21.1. The molecule has 1 aliphatic heterocycles. The van der Waals surface area contributed by atoms with Gasteiger partial charge in [-0.25, -0.2) is 0 Å². The van der Waals surface area contributed by atoms with Gasteiger partial charge in [0.25, 0.3) is 5.91 Å². The van der Waals surface area contributed by atoms with Gasteiger partial charge >= 0.3 is 0 Å². The van der Waals surface area contributed by atoms with Gasteiger partial charge in [-0.15, -0.1) is 0 Å². The minimum absolute atomic E-state index is 0.0538. The number of rotatable bonds is 7. The molecule has 1 saturated heterocycles. The molecule has 0 bridgehead atoms. The van der Waals surface area contributed by atoms with Crippen LogP contribution in [0.5, 0.6) is 0 Å². The average molecular weight is 397 g/mol. The van der Waals surface area contributed by atoms with Crippen LogP contribution < -0.4 is 0 Å². The summed E-state index contributed by atoms with van der Waals surface area (Å²) in [6, 6.07) is 8.04. The molecule has 2 aromatic rings. The first-order valence-corrected chi connectivity index (χ1v) is 10.6. The molecule has 0 radical (unpaired) electrons. The van der Waals surface area contributed by atoms with Crippen LogP contribution in [0.4, 0.5) is 0 Å². The molecule has 1 aromatic carbocycles. The fourth-order valence-corrected chi connectivity index (χ4v) is 3.96. The molecule has 0 N–H and O–H groups in total. The summed E-state index contributed by atoms with van der Waals surface area (Å²) in [5.41, 5.74) is 3.04. The number of nitrogens with zero attached hydrogens (tertiary/aromatic N) is 4. The highest BCUT2D eigenvalue weighted by atomic mass is 16.2. The number of aromatic nitrogens is 2. The molecular formula is C23H32N4O2. The van der Waals surface area contributed by atoms with Gasteiger partial charge in [-0.3, -0.25) is 14.3 Å². The van der Waals surface area contributed by atoms with Crippen LogP contribution in [0.3, 0.4) is 0 Å². The molecule has 2 heterocycles. The molecule has 0 aliphatic carbocycles. The zero-order valence-corrected chi connectivity index (χ0v) is 17.8. The van der Waals surface area contributed by atoms with Crippen LogP contribution in [0, 0.1) is 5.92 Å². The third-order valence-electron chi connectivity index (χ3n) is 5.84. The third kappa shape index (κ3) is 5.46. The lowest BCUT2D eigenvalue weighted by molar-refractivity contribution is -0.130. The Bertz CT molecular complexity index is 820. The first-order chi connectivity index (χ1) is 14.0. The van der Waals surface area contributed by atoms with E-state index in [1.807, 2.05) is 52.9 Å². The van der Waals surface area contributed by atoms with Crippen molar-refractivity contribution >= 4 is 11.8 Å². The molecule has 6 heteroatoms. The lowest BCUT2D eigenvalue weighted by Crippen LogP contribution is -2.37. The Kier molecular flexibility index (Phi) is 7.07. The molecule has 1 aliphatic rings. The van der Waals surface area contributed by atoms with Crippen molar-refractivity contribution in [3.8, 4) is 0 Å². The summed E-state index contributed by atoms with van der Waals surface area (Å²) >= 11 is 0. The van der Waals surface area contributed by atoms with E-state index in [-0.39, 0.29) is 11.8 Å². The van der Waals surface area contributed by atoms with Crippen molar-refractivity contribution < 1.29 is 9.59 Å². The van der Waals surface area contributed by atoms with Gasteiger partial charge < -0.3 is 9.80 Å². The van der Waals surface area contributed by atoms with Gasteiger partial charge in [0.2, 0.25) is 5.91 Å². The van der Waals surface area contributed by atoms with E-state index >= 15 is 0 Å². The number of hydrogen-bond donors (Lipinski definition) is 0. The number of hydrogen-bond acceptors (Lipinski definition) is 3. The lowest BCUT2D eigenvalue weighted by Gasteiger charge is -2.31. The topological polar surface area (TPSA) is 58.4 Å². The summed E-state index contributed by atoms with van der Waals surface area (Å²) in [6.45, 7) is 9.48. The van der Waals surface area contributed by atoms with E-state index in [1.54, 1.807) is 6.92 Å². The zero-order valence-electron chi connectivity index (χ0n) is 17.8. The molecular weight excluding hydrogens is 364 g/mol. The van der Waals surface area contributed by atoms with Crippen molar-refractivity contribution in [2.24, 2.45) is 5.92 Å². The summed E-state index contributed by atoms with van der Waals surface area (Å²) in [6.07, 6.45) is 6.94. The Labute approximate surface area is 173 Å². The van der Waals surface area contributed by atoms with Gasteiger partial charge in [0, 0.05) is 57.0 Å². The van der Waals surface area contributed by atoms with E-state index in [0.717, 1.165) is 50.0 Å². The molecule has 156 valence electrons. The summed E-state index contributed by atoms with van der Waals surface area (Å²) in [7, 11) is 0. The smallest absolute Gasteiger partial charge is 0.254 e. The number of carbonyl (C=O) groups excluding carboxylic acids is 2. The predicted octanol–water partition coefficient (Wildman–Crippen LogP) is 3.37.